The van der Waals surface area contributed by atoms with E-state index in [0.717, 1.165) is 52.2 Å². The molecule has 5 rings (SSSR count). The molecule has 0 aromatic heterocycles. The van der Waals surface area contributed by atoms with Crippen molar-refractivity contribution in [3.8, 4) is 5.75 Å². The number of nitrogens with zero attached hydrogens (tertiary/aromatic N) is 2. The first kappa shape index (κ1) is 33.7. The fourth-order valence-electron chi connectivity index (χ4n) is 6.08. The van der Waals surface area contributed by atoms with Crippen LogP contribution in [-0.4, -0.2) is 50.9 Å². The van der Waals surface area contributed by atoms with Crippen molar-refractivity contribution >= 4 is 27.5 Å². The van der Waals surface area contributed by atoms with E-state index in [2.05, 4.69) is 5.32 Å². The van der Waals surface area contributed by atoms with Crippen molar-refractivity contribution in [2.75, 3.05) is 18.0 Å². The van der Waals surface area contributed by atoms with Crippen LogP contribution >= 0.6 is 0 Å². The lowest BCUT2D eigenvalue weighted by atomic mass is 10.0. The van der Waals surface area contributed by atoms with E-state index in [-0.39, 0.29) is 35.5 Å². The molecule has 0 unspecified atom stereocenters. The molecule has 9 heteroatoms. The number of anilines is 1. The van der Waals surface area contributed by atoms with Crippen molar-refractivity contribution in [2.45, 2.75) is 69.5 Å². The van der Waals surface area contributed by atoms with Gasteiger partial charge in [0.2, 0.25) is 11.8 Å². The number of aryl methyl sites for hydroxylation is 2. The molecule has 1 N–H and O–H groups in total. The number of ether oxygens (including phenoxy) is 1. The molecule has 1 aliphatic rings. The van der Waals surface area contributed by atoms with E-state index >= 15 is 0 Å². The quantitative estimate of drug-likeness (QED) is 0.185. The summed E-state index contributed by atoms with van der Waals surface area (Å²) in [6, 6.07) is 29.8. The van der Waals surface area contributed by atoms with Gasteiger partial charge in [0, 0.05) is 19.0 Å². The summed E-state index contributed by atoms with van der Waals surface area (Å²) in [4.78, 5) is 30.5. The lowest BCUT2D eigenvalue weighted by Gasteiger charge is -2.35. The average Bonchev–Trinajstić information content (AvgIpc) is 3.59. The van der Waals surface area contributed by atoms with Gasteiger partial charge in [-0.1, -0.05) is 97.3 Å². The van der Waals surface area contributed by atoms with Gasteiger partial charge in [-0.25, -0.2) is 8.42 Å². The smallest absolute Gasteiger partial charge is 0.264 e. The summed E-state index contributed by atoms with van der Waals surface area (Å²) in [5.41, 5.74) is 3.88. The molecule has 1 saturated carbocycles. The van der Waals surface area contributed by atoms with Crippen molar-refractivity contribution in [3.63, 3.8) is 0 Å². The summed E-state index contributed by atoms with van der Waals surface area (Å²) >= 11 is 0. The summed E-state index contributed by atoms with van der Waals surface area (Å²) in [5.74, 6) is -0.438. The summed E-state index contributed by atoms with van der Waals surface area (Å²) < 4.78 is 35.3. The first-order chi connectivity index (χ1) is 22.7. The highest BCUT2D eigenvalue weighted by Crippen LogP contribution is 2.33. The molecule has 47 heavy (non-hydrogen) atoms. The van der Waals surface area contributed by atoms with Crippen LogP contribution in [0.1, 0.15) is 47.9 Å². The van der Waals surface area contributed by atoms with Crippen molar-refractivity contribution < 1.29 is 22.7 Å². The Morgan fingerprint density at radius 3 is 2.17 bits per heavy atom. The molecule has 0 saturated heterocycles. The minimum Gasteiger partial charge on any atom is -0.495 e. The van der Waals surface area contributed by atoms with Crippen molar-refractivity contribution in [2.24, 2.45) is 0 Å². The summed E-state index contributed by atoms with van der Waals surface area (Å²) in [6.07, 6.45) is 4.16. The summed E-state index contributed by atoms with van der Waals surface area (Å²) in [6.45, 7) is 3.44. The van der Waals surface area contributed by atoms with Crippen LogP contribution in [0.3, 0.4) is 0 Å². The Labute approximate surface area is 278 Å². The van der Waals surface area contributed by atoms with Gasteiger partial charge in [-0.15, -0.1) is 0 Å². The maximum atomic E-state index is 14.7. The van der Waals surface area contributed by atoms with E-state index in [4.69, 9.17) is 4.74 Å². The molecule has 2 amide bonds. The number of methoxy groups -OCH3 is 1. The standard InChI is InChI=1S/C38H43N3O5S/c1-28-21-23-33(24-22-28)47(44,45)41(34-19-11-12-20-36(34)46-3)27-37(42)40(26-31-16-8-7-13-29(31)2)35(25-30-14-5-4-6-15-30)38(43)39-32-17-9-10-18-32/h4-8,11-16,19-24,32,35H,9-10,17-18,25-27H2,1-3H3,(H,39,43)/t35-/m0/s1. The van der Waals surface area contributed by atoms with E-state index < -0.39 is 28.5 Å². The molecule has 1 fully saturated rings. The van der Waals surface area contributed by atoms with E-state index in [1.165, 1.54) is 19.2 Å². The first-order valence-electron chi connectivity index (χ1n) is 16.1. The number of nitrogens with one attached hydrogen (secondary N) is 1. The maximum absolute atomic E-state index is 14.7. The number of hydrogen-bond acceptors (Lipinski definition) is 5. The van der Waals surface area contributed by atoms with Crippen LogP contribution in [0.15, 0.2) is 108 Å². The van der Waals surface area contributed by atoms with Crippen LogP contribution in [0.5, 0.6) is 5.75 Å². The van der Waals surface area contributed by atoms with Gasteiger partial charge >= 0.3 is 0 Å². The molecule has 1 atom stereocenters. The van der Waals surface area contributed by atoms with Gasteiger partial charge in [0.15, 0.2) is 0 Å². The third kappa shape index (κ3) is 8.21. The summed E-state index contributed by atoms with van der Waals surface area (Å²) in [7, 11) is -2.77. The second-order valence-corrected chi connectivity index (χ2v) is 14.0. The number of carbonyl (C=O) groups excluding carboxylic acids is 2. The predicted molar refractivity (Wildman–Crippen MR) is 185 cm³/mol. The van der Waals surface area contributed by atoms with Crippen LogP contribution in [0, 0.1) is 13.8 Å². The zero-order chi connectivity index (χ0) is 33.4. The van der Waals surface area contributed by atoms with Gasteiger partial charge in [0.1, 0.15) is 18.3 Å². The zero-order valence-corrected chi connectivity index (χ0v) is 28.1. The minimum atomic E-state index is -4.23. The third-order valence-electron chi connectivity index (χ3n) is 8.82. The molecule has 0 aliphatic heterocycles. The Balaban J connectivity index is 1.59. The lowest BCUT2D eigenvalue weighted by Crippen LogP contribution is -2.54. The molecule has 246 valence electrons. The monoisotopic (exact) mass is 653 g/mol. The van der Waals surface area contributed by atoms with Crippen LogP contribution in [0.2, 0.25) is 0 Å². The number of rotatable bonds is 13. The molecular weight excluding hydrogens is 611 g/mol. The van der Waals surface area contributed by atoms with E-state index in [0.29, 0.717) is 5.75 Å². The second-order valence-electron chi connectivity index (χ2n) is 12.1. The maximum Gasteiger partial charge on any atom is 0.264 e. The van der Waals surface area contributed by atoms with Gasteiger partial charge in [0.05, 0.1) is 17.7 Å². The highest BCUT2D eigenvalue weighted by atomic mass is 32.2. The molecule has 1 aliphatic carbocycles. The molecule has 4 aromatic rings. The number of para-hydroxylation sites is 2. The summed E-state index contributed by atoms with van der Waals surface area (Å²) in [5, 5.41) is 3.21. The van der Waals surface area contributed by atoms with E-state index in [1.807, 2.05) is 68.4 Å². The highest BCUT2D eigenvalue weighted by Gasteiger charge is 2.36. The third-order valence-corrected chi connectivity index (χ3v) is 10.6. The minimum absolute atomic E-state index is 0.0446. The predicted octanol–water partition coefficient (Wildman–Crippen LogP) is 6.21. The number of amides is 2. The van der Waals surface area contributed by atoms with Crippen LogP contribution in [0.4, 0.5) is 5.69 Å². The van der Waals surface area contributed by atoms with Gasteiger partial charge in [0.25, 0.3) is 10.0 Å². The Kier molecular flexibility index (Phi) is 11.0. The van der Waals surface area contributed by atoms with Gasteiger partial charge in [-0.3, -0.25) is 13.9 Å². The number of sulfonamides is 1. The SMILES string of the molecule is COc1ccccc1N(CC(=O)N(Cc1ccccc1C)[C@@H](Cc1ccccc1)C(=O)NC1CCCC1)S(=O)(=O)c1ccc(C)cc1. The Bertz CT molecular complexity index is 1770. The first-order valence-corrected chi connectivity index (χ1v) is 17.5. The van der Waals surface area contributed by atoms with Gasteiger partial charge in [-0.2, -0.15) is 0 Å². The van der Waals surface area contributed by atoms with Crippen LogP contribution in [-0.2, 0) is 32.6 Å². The molecule has 8 nitrogen and oxygen atoms in total. The van der Waals surface area contributed by atoms with Crippen LogP contribution < -0.4 is 14.4 Å². The van der Waals surface area contributed by atoms with E-state index in [1.54, 1.807) is 41.3 Å². The Morgan fingerprint density at radius 1 is 0.851 bits per heavy atom. The Hall–Kier alpha value is -4.63. The van der Waals surface area contributed by atoms with Gasteiger partial charge in [-0.05, 0) is 67.6 Å². The van der Waals surface area contributed by atoms with Crippen molar-refractivity contribution in [1.29, 1.82) is 0 Å². The average molecular weight is 654 g/mol. The second kappa shape index (κ2) is 15.3. The zero-order valence-electron chi connectivity index (χ0n) is 27.3. The van der Waals surface area contributed by atoms with Gasteiger partial charge < -0.3 is 15.0 Å². The van der Waals surface area contributed by atoms with Crippen molar-refractivity contribution in [3.05, 3.63) is 125 Å². The van der Waals surface area contributed by atoms with Crippen LogP contribution in [0.25, 0.3) is 0 Å². The lowest BCUT2D eigenvalue weighted by molar-refractivity contribution is -0.140. The molecule has 0 heterocycles. The fraction of sp³-hybridized carbons (Fsp3) is 0.316. The molecule has 4 aromatic carbocycles. The van der Waals surface area contributed by atoms with E-state index in [9.17, 15) is 18.0 Å². The van der Waals surface area contributed by atoms with Crippen molar-refractivity contribution in [1.82, 2.24) is 10.2 Å². The number of hydrogen-bond donors (Lipinski definition) is 1. The highest BCUT2D eigenvalue weighted by molar-refractivity contribution is 7.92. The topological polar surface area (TPSA) is 96.0 Å². The fourth-order valence-corrected chi connectivity index (χ4v) is 7.50. The molecule has 0 spiro atoms. The normalized spacial score (nSPS) is 13.9. The molecular formula is C38H43N3O5S. The number of benzene rings is 4. The molecule has 0 bridgehead atoms. The number of carbonyl (C=O) groups is 2. The largest absolute Gasteiger partial charge is 0.495 e. The Morgan fingerprint density at radius 2 is 1.49 bits per heavy atom. The molecule has 0 radical (unpaired) electrons.